The van der Waals surface area contributed by atoms with E-state index in [2.05, 4.69) is 54.5 Å². The van der Waals surface area contributed by atoms with Crippen LogP contribution >= 0.6 is 23.7 Å². The average Bonchev–Trinajstić information content (AvgIpc) is 1.78. The van der Waals surface area contributed by atoms with E-state index in [4.69, 9.17) is 102 Å². The molecule has 2 unspecified atom stereocenters. The smallest absolute Gasteiger partial charge is 0.870 e. The summed E-state index contributed by atoms with van der Waals surface area (Å²) in [7, 11) is 3.20. The maximum absolute atomic E-state index is 12.8. The minimum absolute atomic E-state index is 0. The maximum Gasteiger partial charge on any atom is 1.00 e. The number of halogens is 1. The van der Waals surface area contributed by atoms with Gasteiger partial charge in [-0.3, -0.25) is 9.59 Å². The van der Waals surface area contributed by atoms with Gasteiger partial charge in [-0.1, -0.05) is 58.9 Å². The monoisotopic (exact) mass is 2030 g/mol. The Morgan fingerprint density at radius 3 is 1.32 bits per heavy atom. The normalized spacial score (nSPS) is 15.4. The minimum Gasteiger partial charge on any atom is -0.870 e. The van der Waals surface area contributed by atoms with E-state index in [9.17, 15) is 33.9 Å². The molecule has 8 aromatic rings. The van der Waals surface area contributed by atoms with E-state index >= 15 is 0 Å². The largest absolute Gasteiger partial charge is 1.00 e. The van der Waals surface area contributed by atoms with Crippen LogP contribution in [0.4, 0.5) is 44.5 Å². The first-order valence-corrected chi connectivity index (χ1v) is 48.2. The molecule has 40 nitrogen and oxygen atoms in total. The van der Waals surface area contributed by atoms with Gasteiger partial charge in [0, 0.05) is 118 Å². The van der Waals surface area contributed by atoms with Crippen molar-refractivity contribution in [1.29, 1.82) is 0 Å². The van der Waals surface area contributed by atoms with Gasteiger partial charge in [-0.05, 0) is 158 Å². The van der Waals surface area contributed by atoms with Crippen molar-refractivity contribution in [3.8, 4) is 56.0 Å². The fraction of sp³-hybridized carbons (Fsp3) is 0.550. The number of carboxylic acid groups (broad SMARTS) is 1. The van der Waals surface area contributed by atoms with Crippen LogP contribution in [-0.4, -0.2) is 328 Å². The number of esters is 1. The summed E-state index contributed by atoms with van der Waals surface area (Å²) >= 11 is 1.60. The third-order valence-electron chi connectivity index (χ3n) is 22.1. The fourth-order valence-electron chi connectivity index (χ4n) is 15.0. The molecule has 11 rings (SSSR count). The Bertz CT molecular complexity index is 5180. The van der Waals surface area contributed by atoms with Gasteiger partial charge in [0.25, 0.3) is 0 Å². The summed E-state index contributed by atoms with van der Waals surface area (Å²) in [5, 5.41) is 28.1. The number of carbonyl (C=O) groups is 6. The number of rotatable bonds is 48. The zero-order chi connectivity index (χ0) is 101. The number of anilines is 6. The van der Waals surface area contributed by atoms with Crippen LogP contribution in [-0.2, 0) is 77.8 Å². The number of nitrogens with two attached hydrogens (primary N) is 1. The summed E-state index contributed by atoms with van der Waals surface area (Å²) in [5.41, 5.74) is 15.8. The van der Waals surface area contributed by atoms with Gasteiger partial charge in [-0.25, -0.2) is 54.1 Å². The van der Waals surface area contributed by atoms with Crippen molar-refractivity contribution in [3.05, 3.63) is 138 Å². The molecule has 43 heteroatoms. The van der Waals surface area contributed by atoms with Crippen LogP contribution in [0.5, 0.6) is 23.0 Å². The number of aromatic nitrogens is 7. The van der Waals surface area contributed by atoms with Crippen LogP contribution in [0.15, 0.2) is 115 Å². The molecule has 8 heterocycles. The number of carboxylic acids is 1. The van der Waals surface area contributed by atoms with E-state index in [1.807, 2.05) is 190 Å². The van der Waals surface area contributed by atoms with E-state index in [1.165, 1.54) is 4.90 Å². The molecular weight excluding hydrogens is 1880 g/mol. The van der Waals surface area contributed by atoms with Gasteiger partial charge in [0.1, 0.15) is 55.3 Å². The Hall–Kier alpha value is -11.0. The molecular formula is C100H144ClLiN16O24S. The van der Waals surface area contributed by atoms with Gasteiger partial charge in [-0.15, -0.1) is 23.7 Å². The number of thiazole rings is 1. The van der Waals surface area contributed by atoms with E-state index in [1.54, 1.807) is 51.1 Å². The van der Waals surface area contributed by atoms with Gasteiger partial charge in [0.2, 0.25) is 23.7 Å². The summed E-state index contributed by atoms with van der Waals surface area (Å²) in [5.74, 6) is 2.91. The number of ether oxygens (including phenoxy) is 15. The van der Waals surface area contributed by atoms with Crippen molar-refractivity contribution in [2.24, 2.45) is 11.1 Å². The molecule has 0 radical (unpaired) electrons. The number of nitrogens with zero attached hydrogens (tertiary/aromatic N) is 12. The maximum atomic E-state index is 12.8. The zero-order valence-corrected chi connectivity index (χ0v) is 87.4. The number of methoxy groups -OCH3 is 2. The molecule has 8 N–H and O–H groups in total. The van der Waals surface area contributed by atoms with Gasteiger partial charge in [0.05, 0.1) is 165 Å². The zero-order valence-electron chi connectivity index (χ0n) is 85.7. The van der Waals surface area contributed by atoms with Crippen LogP contribution in [0.1, 0.15) is 125 Å². The number of nitrogens with one attached hydrogen (secondary N) is 3. The molecule has 3 aliphatic heterocycles. The van der Waals surface area contributed by atoms with Crippen molar-refractivity contribution in [1.82, 2.24) is 54.9 Å². The molecule has 0 saturated carbocycles. The van der Waals surface area contributed by atoms with Gasteiger partial charge >= 0.3 is 43.0 Å². The van der Waals surface area contributed by atoms with Crippen LogP contribution in [0.2, 0.25) is 0 Å². The number of hydrogen-bond acceptors (Lipinski definition) is 36. The number of likely N-dealkylation sites (tertiary alicyclic amines) is 1. The number of aliphatic carboxylic acids is 1. The van der Waals surface area contributed by atoms with Crippen LogP contribution in [0, 0.1) is 26.2 Å². The number of aliphatic hydroxyl groups is 1. The second-order valence-corrected chi connectivity index (χ2v) is 37.1. The summed E-state index contributed by atoms with van der Waals surface area (Å²) in [4.78, 5) is 116. The molecule has 0 spiro atoms. The third-order valence-corrected chi connectivity index (χ3v) is 23.0. The van der Waals surface area contributed by atoms with E-state index in [0.717, 1.165) is 85.5 Å². The van der Waals surface area contributed by atoms with Crippen molar-refractivity contribution in [2.75, 3.05) is 206 Å². The Kier molecular flexibility index (Phi) is 51.8. The molecule has 4 amide bonds. The third kappa shape index (κ3) is 40.2. The number of aliphatic hydroxyl groups excluding tert-OH is 1. The Balaban J connectivity index is 0.000000339. The minimum atomic E-state index is -1.01. The average molecular weight is 2030 g/mol. The molecule has 0 aliphatic carbocycles. The summed E-state index contributed by atoms with van der Waals surface area (Å²) < 4.78 is 82.5. The number of hydrogen-bond donors (Lipinski definition) is 6. The van der Waals surface area contributed by atoms with Gasteiger partial charge in [0.15, 0.2) is 23.0 Å². The van der Waals surface area contributed by atoms with Crippen molar-refractivity contribution in [3.63, 3.8) is 0 Å². The van der Waals surface area contributed by atoms with Crippen LogP contribution in [0.25, 0.3) is 33.0 Å². The number of β-amino-alcohol motifs (C(OH)–C–C–N with tert-alkyl or cyclic N) is 1. The van der Waals surface area contributed by atoms with Crippen LogP contribution in [0.3, 0.4) is 0 Å². The molecule has 5 aromatic heterocycles. The molecule has 3 saturated heterocycles. The Labute approximate surface area is 860 Å². The van der Waals surface area contributed by atoms with Crippen molar-refractivity contribution in [2.45, 2.75) is 171 Å². The first-order chi connectivity index (χ1) is 67.0. The molecule has 5 atom stereocenters. The van der Waals surface area contributed by atoms with Crippen molar-refractivity contribution >= 4 is 94.6 Å². The SMILES string of the molecule is CCC1CN(c2ccc(-c3ccnc(Nc4cc(C)c(OC)c(OCCOCCOCCOCCOCC(=O)O)c4)n3)cn2)CCN1C(=O)OC(C)(C)C.CCOC(=O)COCCOCCOCCOCCOc1cc(Nc2nccc(-c3ccc(N4CCN(C(=O)OC(C)(C)C)C(CC)C4)nc3)n2)cc(C)c1OC.Cc1ncsc1-c1ccc(CNC(=O)[C@@H]2C[C@@H](O)CN2C(=O)[C@@H](N)C(C)(C)C)cc1.Cl.[Li+].[OH-]. The standard InChI is InChI=1S/C40H58N6O10.C38H54N6O10.C22H30N4O3S.ClH.Li.H2O/c1-8-32-27-45(14-15-46(32)39(48)56-40(4,5)6)35-11-10-30(26-42-35)33-12-13-41-38(44-33)43-31-24-29(3)37(49-7)34(25-31)55-23-22-52-19-18-50-16-17-51-20-21-53-28-36(47)54-9-2;1-7-30-25-43(12-13-44(30)37(47)54-38(3,4)5)33-9-8-28(24-40-33)31-10-11-39-36(42-31)41-29-22-27(2)35(48-6)32(23-29)53-21-20-51-17-16-49-14-15-50-18-19-52-26-34(45)46;1-13-18(30-12-25-13)15-7-5-14(6-8-15)10-24-20(28)17-9-16(27)11-26(17)21(29)19(23)22(2,3)4;;;/h10-13,24-26,32H,8-9,14-23,27-28H2,1-7H3,(H,41,43,44);8-11,22-24,30H,7,12-21,25-26H2,1-6H3,(H,45,46)(H,39,41,42);5-8,12,16-17,19,27H,9-11,23H2,1-4H3,(H,24,28);1H;;1H2/q;;;;+1;/p-1/t;;16-,17+,19-;;;/m..1.../s1. The van der Waals surface area contributed by atoms with Gasteiger partial charge in [-0.2, -0.15) is 0 Å². The number of carbonyl (C=O) groups excluding carboxylic acids is 5. The number of aryl methyl sites for hydroxylation is 3. The van der Waals surface area contributed by atoms with Gasteiger partial charge < -0.3 is 133 Å². The number of pyridine rings is 2. The Morgan fingerprint density at radius 1 is 0.524 bits per heavy atom. The number of benzene rings is 3. The molecule has 3 aliphatic rings. The van der Waals surface area contributed by atoms with E-state index in [-0.39, 0.29) is 112 Å². The van der Waals surface area contributed by atoms with E-state index < -0.39 is 40.8 Å². The first kappa shape index (κ1) is 121. The topological polar surface area (TPSA) is 480 Å². The molecule has 3 fully saturated rings. The number of piperazine rings is 2. The number of amides is 4. The summed E-state index contributed by atoms with van der Waals surface area (Å²) in [6, 6.07) is 25.8. The molecule has 3 aromatic carbocycles. The second kappa shape index (κ2) is 61.3. The summed E-state index contributed by atoms with van der Waals surface area (Å²) in [6.07, 6.45) is 7.59. The molecule has 782 valence electrons. The van der Waals surface area contributed by atoms with Crippen LogP contribution < -0.4 is 69.3 Å². The fourth-order valence-corrected chi connectivity index (χ4v) is 15.8. The molecule has 0 bridgehead atoms. The predicted octanol–water partition coefficient (Wildman–Crippen LogP) is 9.73. The quantitative estimate of drug-likeness (QED) is 0.00893. The second-order valence-electron chi connectivity index (χ2n) is 36.2. The predicted molar refractivity (Wildman–Crippen MR) is 540 cm³/mol. The molecule has 143 heavy (non-hydrogen) atoms. The first-order valence-electron chi connectivity index (χ1n) is 47.3. The van der Waals surface area contributed by atoms with E-state index in [0.29, 0.717) is 192 Å². The van der Waals surface area contributed by atoms with Crippen molar-refractivity contribution < 1.29 is 134 Å². The summed E-state index contributed by atoms with van der Waals surface area (Å²) in [6.45, 7) is 38.6. The Morgan fingerprint density at radius 2 is 0.944 bits per heavy atom.